The van der Waals surface area contributed by atoms with Crippen LogP contribution in [-0.4, -0.2) is 109 Å². The molecule has 4 aliphatic heterocycles. The van der Waals surface area contributed by atoms with E-state index in [1.54, 1.807) is 30.3 Å². The molecule has 6 aliphatic rings. The van der Waals surface area contributed by atoms with Crippen LogP contribution in [0.1, 0.15) is 83.6 Å². The number of nitriles is 1. The number of hydrogen-bond acceptors (Lipinski definition) is 11. The number of aromatic amines is 1. The summed E-state index contributed by atoms with van der Waals surface area (Å²) in [5.41, 5.74) is 3.31. The van der Waals surface area contributed by atoms with Gasteiger partial charge >= 0.3 is 0 Å². The number of carbonyl (C=O) groups is 5. The summed E-state index contributed by atoms with van der Waals surface area (Å²) < 4.78 is 6.55. The van der Waals surface area contributed by atoms with Crippen LogP contribution in [0.4, 0.5) is 11.4 Å². The van der Waals surface area contributed by atoms with Crippen LogP contribution >= 0.6 is 0 Å². The first-order valence-electron chi connectivity index (χ1n) is 21.7. The van der Waals surface area contributed by atoms with Crippen molar-refractivity contribution in [2.45, 2.75) is 65.1 Å². The van der Waals surface area contributed by atoms with Crippen molar-refractivity contribution in [3.63, 3.8) is 0 Å². The van der Waals surface area contributed by atoms with Crippen LogP contribution in [0.15, 0.2) is 71.5 Å². The quantitative estimate of drug-likeness (QED) is 0.225. The van der Waals surface area contributed by atoms with Gasteiger partial charge in [0.2, 0.25) is 17.4 Å². The topological polar surface area (TPSA) is 188 Å². The van der Waals surface area contributed by atoms with E-state index in [4.69, 9.17) is 4.74 Å². The number of fused-ring (bicyclic) bond motifs is 3. The lowest BCUT2D eigenvalue weighted by atomic mass is 9.49. The molecule has 3 saturated heterocycles. The maximum absolute atomic E-state index is 13.2. The molecule has 3 N–H and O–H groups in total. The zero-order chi connectivity index (χ0) is 44.5. The summed E-state index contributed by atoms with van der Waals surface area (Å²) in [6.07, 6.45) is 1.46. The minimum absolute atomic E-state index is 0.0817. The number of piperidine rings is 2. The average Bonchev–Trinajstić information content (AvgIpc) is 3.79. The number of ether oxygens (including phenoxy) is 1. The number of benzene rings is 3. The Morgan fingerprint density at radius 3 is 2.14 bits per heavy atom. The van der Waals surface area contributed by atoms with Crippen molar-refractivity contribution in [3.8, 4) is 11.8 Å². The average molecular weight is 853 g/mol. The van der Waals surface area contributed by atoms with Gasteiger partial charge in [0.1, 0.15) is 24.0 Å². The second-order valence-electron chi connectivity index (χ2n) is 19.1. The van der Waals surface area contributed by atoms with Crippen LogP contribution < -0.4 is 30.7 Å². The molecular weight excluding hydrogens is 801 g/mol. The Morgan fingerprint density at radius 1 is 0.810 bits per heavy atom. The molecule has 1 aromatic heterocycles. The van der Waals surface area contributed by atoms with Crippen LogP contribution in [0.3, 0.4) is 0 Å². The van der Waals surface area contributed by atoms with Crippen molar-refractivity contribution >= 4 is 51.8 Å². The Bertz CT molecular complexity index is 2630. The molecule has 0 bridgehead atoms. The van der Waals surface area contributed by atoms with E-state index in [9.17, 15) is 34.0 Å². The molecule has 63 heavy (non-hydrogen) atoms. The Hall–Kier alpha value is -6.53. The number of H-pyrrole nitrogens is 1. The number of hydrogen-bond donors (Lipinski definition) is 3. The highest BCUT2D eigenvalue weighted by Gasteiger charge is 2.64. The van der Waals surface area contributed by atoms with Gasteiger partial charge in [-0.25, -0.2) is 0 Å². The van der Waals surface area contributed by atoms with E-state index in [2.05, 4.69) is 83.3 Å². The normalized spacial score (nSPS) is 25.6. The zero-order valence-electron chi connectivity index (χ0n) is 36.2. The molecule has 15 nitrogen and oxygen atoms in total. The second kappa shape index (κ2) is 15.7. The molecule has 0 radical (unpaired) electrons. The van der Waals surface area contributed by atoms with Crippen LogP contribution in [0.5, 0.6) is 5.75 Å². The lowest BCUT2D eigenvalue weighted by molar-refractivity contribution is -0.163. The van der Waals surface area contributed by atoms with E-state index >= 15 is 0 Å². The Kier molecular flexibility index (Phi) is 10.4. The third-order valence-corrected chi connectivity index (χ3v) is 14.1. The number of nitrogens with zero attached hydrogens (tertiary/aromatic N) is 5. The number of rotatable bonds is 7. The summed E-state index contributed by atoms with van der Waals surface area (Å²) in [6, 6.07) is 20.9. The first-order chi connectivity index (χ1) is 30.0. The number of carbonyl (C=O) groups excluding carboxylic acids is 5. The molecule has 15 heteroatoms. The number of likely N-dealkylation sites (N-methyl/N-ethyl adjacent to an activating group) is 1. The maximum Gasteiger partial charge on any atom is 0.262 e. The molecular formula is C48H52N8O7. The van der Waals surface area contributed by atoms with Gasteiger partial charge < -0.3 is 29.7 Å². The monoisotopic (exact) mass is 852 g/mol. The summed E-state index contributed by atoms with van der Waals surface area (Å²) in [4.78, 5) is 84.6. The van der Waals surface area contributed by atoms with Crippen molar-refractivity contribution in [2.24, 2.45) is 22.7 Å². The molecule has 4 aromatic rings. The second-order valence-corrected chi connectivity index (χ2v) is 19.1. The number of amides is 5. The van der Waals surface area contributed by atoms with Gasteiger partial charge in [-0.1, -0.05) is 27.7 Å². The van der Waals surface area contributed by atoms with Crippen LogP contribution in [0.2, 0.25) is 0 Å². The lowest BCUT2D eigenvalue weighted by Crippen LogP contribution is -2.74. The molecule has 0 spiro atoms. The van der Waals surface area contributed by atoms with E-state index in [1.807, 2.05) is 18.2 Å². The number of nitrogens with one attached hydrogen (secondary N) is 3. The maximum atomic E-state index is 13.2. The number of pyridine rings is 1. The SMILES string of the molecule is CC1(C)C(NC(=O)c2ccc(N3CC4C[C@H]4C3)cc2)C(C)(C)C1Oc1ccc(C#N)c2[nH]c(=O)ccc12.CN1CCN(c2ccc3c(c2)C(=O)N(C2CCC(=O)NC2=O)C3=O)CC1. The smallest absolute Gasteiger partial charge is 0.262 e. The molecule has 5 amide bonds. The molecule has 3 atom stereocenters. The van der Waals surface area contributed by atoms with Gasteiger partial charge in [0, 0.05) is 91.0 Å². The first-order valence-corrected chi connectivity index (χ1v) is 21.7. The Labute approximate surface area is 365 Å². The minimum atomic E-state index is -0.924. The fourth-order valence-electron chi connectivity index (χ4n) is 10.7. The summed E-state index contributed by atoms with van der Waals surface area (Å²) >= 11 is 0. The number of anilines is 2. The fraction of sp³-hybridized carbons (Fsp3) is 0.438. The van der Waals surface area contributed by atoms with Gasteiger partial charge in [-0.2, -0.15) is 5.26 Å². The Morgan fingerprint density at radius 2 is 1.48 bits per heavy atom. The van der Waals surface area contributed by atoms with Crippen LogP contribution in [0, 0.1) is 34.0 Å². The highest BCUT2D eigenvalue weighted by Crippen LogP contribution is 2.56. The van der Waals surface area contributed by atoms with E-state index in [1.165, 1.54) is 18.2 Å². The predicted molar refractivity (Wildman–Crippen MR) is 236 cm³/mol. The highest BCUT2D eigenvalue weighted by molar-refractivity contribution is 6.23. The van der Waals surface area contributed by atoms with Crippen LogP contribution in [0.25, 0.3) is 10.9 Å². The Balaban J connectivity index is 0.000000170. The van der Waals surface area contributed by atoms with Crippen molar-refractivity contribution in [1.29, 1.82) is 5.26 Å². The molecule has 2 unspecified atom stereocenters. The van der Waals surface area contributed by atoms with Crippen molar-refractivity contribution < 1.29 is 28.7 Å². The van der Waals surface area contributed by atoms with Crippen molar-refractivity contribution in [2.75, 3.05) is 56.1 Å². The lowest BCUT2D eigenvalue weighted by Gasteiger charge is -2.63. The van der Waals surface area contributed by atoms with Gasteiger partial charge in [0.25, 0.3) is 17.7 Å². The van der Waals surface area contributed by atoms with Gasteiger partial charge in [-0.05, 0) is 92.4 Å². The van der Waals surface area contributed by atoms with Gasteiger partial charge in [-0.15, -0.1) is 0 Å². The number of imide groups is 2. The fourth-order valence-corrected chi connectivity index (χ4v) is 10.7. The first kappa shape index (κ1) is 41.8. The molecule has 2 saturated carbocycles. The van der Waals surface area contributed by atoms with Gasteiger partial charge in [0.05, 0.1) is 22.2 Å². The third-order valence-electron chi connectivity index (χ3n) is 14.1. The standard InChI is InChI=1S/C30H32N4O3.C18H20N4O4/c1-29(2)27(33-26(36)17-5-8-21(9-6-17)34-15-19-13-20(19)16-34)30(3,4)28(29)37-23-11-7-18(14-31)25-22(23)10-12-24(35)32-25;1-20-6-8-21(9-7-20)11-2-3-12-13(10-11)18(26)22(17(12)25)14-4-5-15(23)19-16(14)24/h5-12,19-20,27-28H,13,15-16H2,1-4H3,(H,32,35)(H,33,36);2-3,10,14H,4-9H2,1H3,(H,19,23,24)/t19-,20?,27?,28?;/m0./s1. The molecule has 5 heterocycles. The van der Waals surface area contributed by atoms with Crippen LogP contribution in [-0.2, 0) is 9.59 Å². The number of piperazine rings is 1. The van der Waals surface area contributed by atoms with E-state index in [0.717, 1.165) is 61.7 Å². The minimum Gasteiger partial charge on any atom is -0.488 e. The van der Waals surface area contributed by atoms with E-state index in [0.29, 0.717) is 38.9 Å². The molecule has 326 valence electrons. The molecule has 10 rings (SSSR count). The third kappa shape index (κ3) is 7.49. The summed E-state index contributed by atoms with van der Waals surface area (Å²) in [7, 11) is 2.07. The van der Waals surface area contributed by atoms with Gasteiger partial charge in [0.15, 0.2) is 0 Å². The summed E-state index contributed by atoms with van der Waals surface area (Å²) in [5.74, 6) is 0.366. The van der Waals surface area contributed by atoms with E-state index < -0.39 is 23.8 Å². The van der Waals surface area contributed by atoms with Gasteiger partial charge in [-0.3, -0.25) is 39.0 Å². The summed E-state index contributed by atoms with van der Waals surface area (Å²) in [6.45, 7) is 14.3. The molecule has 3 aromatic carbocycles. The zero-order valence-corrected chi connectivity index (χ0v) is 36.2. The van der Waals surface area contributed by atoms with Crippen molar-refractivity contribution in [1.82, 2.24) is 25.4 Å². The van der Waals surface area contributed by atoms with Crippen molar-refractivity contribution in [3.05, 3.63) is 99.3 Å². The van der Waals surface area contributed by atoms with E-state index in [-0.39, 0.29) is 53.2 Å². The number of aromatic nitrogens is 1. The summed E-state index contributed by atoms with van der Waals surface area (Å²) in [5, 5.41) is 15.6. The largest absolute Gasteiger partial charge is 0.488 e. The predicted octanol–water partition coefficient (Wildman–Crippen LogP) is 4.31. The molecule has 2 aliphatic carbocycles. The molecule has 5 fully saturated rings. The highest BCUT2D eigenvalue weighted by atomic mass is 16.5.